The van der Waals surface area contributed by atoms with Crippen LogP contribution in [0.1, 0.15) is 27.2 Å². The molecule has 1 N–H and O–H groups in total. The van der Waals surface area contributed by atoms with Gasteiger partial charge in [-0.05, 0) is 18.9 Å². The van der Waals surface area contributed by atoms with E-state index in [-0.39, 0.29) is 11.7 Å². The van der Waals surface area contributed by atoms with E-state index in [1.165, 1.54) is 0 Å². The minimum atomic E-state index is -2.82. The van der Waals surface area contributed by atoms with E-state index in [1.807, 2.05) is 13.8 Å². The van der Waals surface area contributed by atoms with E-state index < -0.39 is 9.84 Å². The molecule has 4 heteroatoms. The lowest BCUT2D eigenvalue weighted by Gasteiger charge is -2.07. The average molecular weight is 207 g/mol. The number of sulfone groups is 1. The van der Waals surface area contributed by atoms with Crippen molar-refractivity contribution in [1.82, 2.24) is 5.32 Å². The number of rotatable bonds is 7. The highest BCUT2D eigenvalue weighted by Crippen LogP contribution is 1.99. The van der Waals surface area contributed by atoms with Crippen molar-refractivity contribution in [2.75, 3.05) is 24.6 Å². The Kier molecular flexibility index (Phi) is 6.33. The van der Waals surface area contributed by atoms with Crippen molar-refractivity contribution in [3.05, 3.63) is 0 Å². The first-order valence-electron chi connectivity index (χ1n) is 4.89. The van der Waals surface area contributed by atoms with Crippen LogP contribution in [0, 0.1) is 5.92 Å². The summed E-state index contributed by atoms with van der Waals surface area (Å²) in [6, 6.07) is 0. The van der Waals surface area contributed by atoms with Crippen molar-refractivity contribution < 1.29 is 8.42 Å². The summed E-state index contributed by atoms with van der Waals surface area (Å²) < 4.78 is 22.7. The van der Waals surface area contributed by atoms with Crippen LogP contribution in [0.3, 0.4) is 0 Å². The summed E-state index contributed by atoms with van der Waals surface area (Å²) in [6.07, 6.45) is 1.05. The lowest BCUT2D eigenvalue weighted by atomic mass is 10.3. The third kappa shape index (κ3) is 8.25. The third-order valence-electron chi connectivity index (χ3n) is 1.60. The van der Waals surface area contributed by atoms with Crippen LogP contribution < -0.4 is 5.32 Å². The molecule has 0 rings (SSSR count). The number of nitrogens with one attached hydrogen (secondary N) is 1. The molecule has 0 aliphatic carbocycles. The van der Waals surface area contributed by atoms with E-state index in [4.69, 9.17) is 0 Å². The summed E-state index contributed by atoms with van der Waals surface area (Å²) in [4.78, 5) is 0. The molecule has 13 heavy (non-hydrogen) atoms. The molecule has 0 heterocycles. The molecule has 0 saturated carbocycles. The van der Waals surface area contributed by atoms with Gasteiger partial charge in [0.15, 0.2) is 9.84 Å². The standard InChI is InChI=1S/C9H21NO2S/c1-4-5-10-6-7-13(11,12)8-9(2)3/h9-10H,4-8H2,1-3H3. The molecule has 0 atom stereocenters. The summed E-state index contributed by atoms with van der Waals surface area (Å²) in [5.74, 6) is 0.808. The summed E-state index contributed by atoms with van der Waals surface area (Å²) in [5.41, 5.74) is 0. The molecule has 3 nitrogen and oxygen atoms in total. The number of hydrogen-bond acceptors (Lipinski definition) is 3. The van der Waals surface area contributed by atoms with Crippen LogP contribution in [0.25, 0.3) is 0 Å². The molecule has 0 aliphatic heterocycles. The monoisotopic (exact) mass is 207 g/mol. The Morgan fingerprint density at radius 3 is 2.31 bits per heavy atom. The second-order valence-corrected chi connectivity index (χ2v) is 5.99. The van der Waals surface area contributed by atoms with Crippen LogP contribution in [-0.4, -0.2) is 33.0 Å². The molecular weight excluding hydrogens is 186 g/mol. The van der Waals surface area contributed by atoms with Crippen LogP contribution in [0.5, 0.6) is 0 Å². The molecular formula is C9H21NO2S. The Bertz CT molecular complexity index is 210. The smallest absolute Gasteiger partial charge is 0.151 e. The van der Waals surface area contributed by atoms with Crippen LogP contribution >= 0.6 is 0 Å². The maximum Gasteiger partial charge on any atom is 0.151 e. The summed E-state index contributed by atoms with van der Waals surface area (Å²) >= 11 is 0. The average Bonchev–Trinajstić information content (AvgIpc) is 1.95. The highest BCUT2D eigenvalue weighted by atomic mass is 32.2. The molecule has 0 saturated heterocycles. The predicted octanol–water partition coefficient (Wildman–Crippen LogP) is 1.06. The normalized spacial score (nSPS) is 12.3. The van der Waals surface area contributed by atoms with Gasteiger partial charge in [-0.1, -0.05) is 20.8 Å². The zero-order chi connectivity index (χ0) is 10.3. The van der Waals surface area contributed by atoms with Gasteiger partial charge in [-0.2, -0.15) is 0 Å². The fraction of sp³-hybridized carbons (Fsp3) is 1.00. The van der Waals surface area contributed by atoms with E-state index in [1.54, 1.807) is 0 Å². The molecule has 80 valence electrons. The van der Waals surface area contributed by atoms with Crippen molar-refractivity contribution in [3.63, 3.8) is 0 Å². The van der Waals surface area contributed by atoms with E-state index in [9.17, 15) is 8.42 Å². The highest BCUT2D eigenvalue weighted by Gasteiger charge is 2.11. The molecule has 0 fully saturated rings. The fourth-order valence-corrected chi connectivity index (χ4v) is 2.76. The molecule has 0 amide bonds. The van der Waals surface area contributed by atoms with Crippen molar-refractivity contribution in [1.29, 1.82) is 0 Å². The first kappa shape index (κ1) is 12.9. The molecule has 0 spiro atoms. The van der Waals surface area contributed by atoms with Crippen LogP contribution in [-0.2, 0) is 9.84 Å². The summed E-state index contributed by atoms with van der Waals surface area (Å²) in [6.45, 7) is 7.41. The van der Waals surface area contributed by atoms with Gasteiger partial charge < -0.3 is 5.32 Å². The van der Waals surface area contributed by atoms with Crippen molar-refractivity contribution in [3.8, 4) is 0 Å². The van der Waals surface area contributed by atoms with Crippen molar-refractivity contribution in [2.45, 2.75) is 27.2 Å². The van der Waals surface area contributed by atoms with E-state index >= 15 is 0 Å². The Hall–Kier alpha value is -0.0900. The molecule has 0 aliphatic rings. The van der Waals surface area contributed by atoms with Crippen LogP contribution in [0.2, 0.25) is 0 Å². The Balaban J connectivity index is 3.64. The topological polar surface area (TPSA) is 46.2 Å². The maximum absolute atomic E-state index is 11.4. The summed E-state index contributed by atoms with van der Waals surface area (Å²) in [5, 5.41) is 3.09. The quantitative estimate of drug-likeness (QED) is 0.635. The van der Waals surface area contributed by atoms with E-state index in [0.717, 1.165) is 13.0 Å². The van der Waals surface area contributed by atoms with Gasteiger partial charge in [0.2, 0.25) is 0 Å². The van der Waals surface area contributed by atoms with Gasteiger partial charge in [0.25, 0.3) is 0 Å². The Labute approximate surface area is 81.8 Å². The van der Waals surface area contributed by atoms with Crippen molar-refractivity contribution in [2.24, 2.45) is 5.92 Å². The molecule has 0 bridgehead atoms. The van der Waals surface area contributed by atoms with Gasteiger partial charge in [0, 0.05) is 6.54 Å². The van der Waals surface area contributed by atoms with Crippen LogP contribution in [0.15, 0.2) is 0 Å². The molecule has 0 radical (unpaired) electrons. The Morgan fingerprint density at radius 2 is 1.85 bits per heavy atom. The molecule has 0 unspecified atom stereocenters. The van der Waals surface area contributed by atoms with Gasteiger partial charge in [0.1, 0.15) is 0 Å². The molecule has 0 aromatic heterocycles. The van der Waals surface area contributed by atoms with Gasteiger partial charge in [-0.15, -0.1) is 0 Å². The minimum absolute atomic E-state index is 0.233. The van der Waals surface area contributed by atoms with Gasteiger partial charge in [0.05, 0.1) is 11.5 Å². The molecule has 0 aromatic rings. The Morgan fingerprint density at radius 1 is 1.23 bits per heavy atom. The molecule has 0 aromatic carbocycles. The second-order valence-electron chi connectivity index (χ2n) is 3.76. The zero-order valence-corrected chi connectivity index (χ0v) is 9.65. The largest absolute Gasteiger partial charge is 0.316 e. The van der Waals surface area contributed by atoms with Gasteiger partial charge in [-0.25, -0.2) is 8.42 Å². The maximum atomic E-state index is 11.4. The van der Waals surface area contributed by atoms with Crippen molar-refractivity contribution >= 4 is 9.84 Å². The zero-order valence-electron chi connectivity index (χ0n) is 8.84. The first-order chi connectivity index (χ1) is 5.98. The SMILES string of the molecule is CCCNCCS(=O)(=O)CC(C)C. The lowest BCUT2D eigenvalue weighted by molar-refractivity contribution is 0.577. The minimum Gasteiger partial charge on any atom is -0.316 e. The lowest BCUT2D eigenvalue weighted by Crippen LogP contribution is -2.26. The van der Waals surface area contributed by atoms with Gasteiger partial charge in [-0.3, -0.25) is 0 Å². The second kappa shape index (κ2) is 6.38. The fourth-order valence-electron chi connectivity index (χ4n) is 1.12. The van der Waals surface area contributed by atoms with E-state index in [0.29, 0.717) is 12.3 Å². The first-order valence-corrected chi connectivity index (χ1v) is 6.71. The predicted molar refractivity (Wildman–Crippen MR) is 56.7 cm³/mol. The van der Waals surface area contributed by atoms with Crippen LogP contribution in [0.4, 0.5) is 0 Å². The number of hydrogen-bond donors (Lipinski definition) is 1. The van der Waals surface area contributed by atoms with E-state index in [2.05, 4.69) is 12.2 Å². The third-order valence-corrected chi connectivity index (χ3v) is 3.60. The van der Waals surface area contributed by atoms with Gasteiger partial charge >= 0.3 is 0 Å². The summed E-state index contributed by atoms with van der Waals surface area (Å²) in [7, 11) is -2.82. The highest BCUT2D eigenvalue weighted by molar-refractivity contribution is 7.91.